The quantitative estimate of drug-likeness (QED) is 0.279. The van der Waals surface area contributed by atoms with E-state index < -0.39 is 10.7 Å². The third-order valence-corrected chi connectivity index (χ3v) is 2.54. The number of carbonyl (C=O) groups excluding carboxylic acids is 1. The SMILES string of the molecule is N#C/C(=C\c1ccccc1[N+](=O)[O-])C(=O)c1ccco1. The van der Waals surface area contributed by atoms with Gasteiger partial charge in [-0.2, -0.15) is 5.26 Å². The molecule has 0 amide bonds. The molecule has 20 heavy (non-hydrogen) atoms. The average Bonchev–Trinajstić information content (AvgIpc) is 2.98. The number of nitro groups is 1. The molecule has 0 spiro atoms. The first-order valence-electron chi connectivity index (χ1n) is 5.57. The lowest BCUT2D eigenvalue weighted by Gasteiger charge is -1.98. The number of carbonyl (C=O) groups is 1. The Labute approximate surface area is 113 Å². The minimum atomic E-state index is -0.615. The van der Waals surface area contributed by atoms with E-state index in [1.165, 1.54) is 42.7 Å². The molecule has 2 rings (SSSR count). The second-order valence-corrected chi connectivity index (χ2v) is 3.79. The van der Waals surface area contributed by atoms with Crippen molar-refractivity contribution in [2.24, 2.45) is 0 Å². The number of para-hydroxylation sites is 1. The summed E-state index contributed by atoms with van der Waals surface area (Å²) in [6, 6.07) is 10.5. The zero-order valence-corrected chi connectivity index (χ0v) is 10.1. The van der Waals surface area contributed by atoms with E-state index in [1.54, 1.807) is 12.1 Å². The van der Waals surface area contributed by atoms with E-state index in [4.69, 9.17) is 9.68 Å². The van der Waals surface area contributed by atoms with Crippen LogP contribution in [0.15, 0.2) is 52.7 Å². The highest BCUT2D eigenvalue weighted by molar-refractivity contribution is 6.12. The van der Waals surface area contributed by atoms with Gasteiger partial charge in [0.25, 0.3) is 5.69 Å². The van der Waals surface area contributed by atoms with Crippen LogP contribution in [0.25, 0.3) is 6.08 Å². The van der Waals surface area contributed by atoms with Crippen molar-refractivity contribution in [3.05, 3.63) is 69.7 Å². The van der Waals surface area contributed by atoms with Crippen molar-refractivity contribution in [3.8, 4) is 6.07 Å². The predicted octanol–water partition coefficient (Wildman–Crippen LogP) is 2.98. The molecular formula is C14H8N2O4. The second kappa shape index (κ2) is 5.63. The molecule has 1 aromatic heterocycles. The van der Waals surface area contributed by atoms with Gasteiger partial charge in [0.1, 0.15) is 11.6 Å². The van der Waals surface area contributed by atoms with Gasteiger partial charge >= 0.3 is 0 Å². The summed E-state index contributed by atoms with van der Waals surface area (Å²) in [5, 5.41) is 19.9. The molecule has 1 heterocycles. The molecule has 0 unspecified atom stereocenters. The Bertz CT molecular complexity index is 724. The summed E-state index contributed by atoms with van der Waals surface area (Å²) >= 11 is 0. The maximum absolute atomic E-state index is 12.0. The van der Waals surface area contributed by atoms with Crippen LogP contribution in [0.2, 0.25) is 0 Å². The molecule has 0 aliphatic heterocycles. The Kier molecular flexibility index (Phi) is 3.72. The van der Waals surface area contributed by atoms with Crippen LogP contribution in [0.1, 0.15) is 16.1 Å². The molecule has 0 aliphatic rings. The summed E-state index contributed by atoms with van der Waals surface area (Å²) in [6.45, 7) is 0. The third-order valence-electron chi connectivity index (χ3n) is 2.54. The number of nitrogens with zero attached hydrogens (tertiary/aromatic N) is 2. The van der Waals surface area contributed by atoms with Gasteiger partial charge in [0.2, 0.25) is 5.78 Å². The van der Waals surface area contributed by atoms with Gasteiger partial charge in [-0.25, -0.2) is 0 Å². The van der Waals surface area contributed by atoms with Crippen molar-refractivity contribution in [2.45, 2.75) is 0 Å². The van der Waals surface area contributed by atoms with Gasteiger partial charge in [0.15, 0.2) is 5.76 Å². The maximum Gasteiger partial charge on any atom is 0.276 e. The summed E-state index contributed by atoms with van der Waals surface area (Å²) in [6.07, 6.45) is 2.50. The first kappa shape index (κ1) is 13.2. The largest absolute Gasteiger partial charge is 0.461 e. The lowest BCUT2D eigenvalue weighted by atomic mass is 10.1. The summed E-state index contributed by atoms with van der Waals surface area (Å²) in [5.74, 6) is -0.605. The molecule has 0 radical (unpaired) electrons. The lowest BCUT2D eigenvalue weighted by molar-refractivity contribution is -0.385. The molecule has 0 saturated heterocycles. The Morgan fingerprint density at radius 1 is 1.30 bits per heavy atom. The molecule has 0 aliphatic carbocycles. The second-order valence-electron chi connectivity index (χ2n) is 3.79. The Hall–Kier alpha value is -3.20. The number of benzene rings is 1. The van der Waals surface area contributed by atoms with E-state index in [9.17, 15) is 14.9 Å². The van der Waals surface area contributed by atoms with Crippen molar-refractivity contribution >= 4 is 17.5 Å². The Morgan fingerprint density at radius 3 is 2.65 bits per heavy atom. The van der Waals surface area contributed by atoms with Gasteiger partial charge in [-0.3, -0.25) is 14.9 Å². The zero-order chi connectivity index (χ0) is 14.5. The normalized spacial score (nSPS) is 10.8. The van der Waals surface area contributed by atoms with Crippen LogP contribution in [0.3, 0.4) is 0 Å². The van der Waals surface area contributed by atoms with Crippen molar-refractivity contribution in [1.29, 1.82) is 5.26 Å². The zero-order valence-electron chi connectivity index (χ0n) is 10.1. The number of rotatable bonds is 4. The highest BCUT2D eigenvalue weighted by Crippen LogP contribution is 2.21. The molecule has 6 nitrogen and oxygen atoms in total. The van der Waals surface area contributed by atoms with Gasteiger partial charge in [-0.05, 0) is 24.3 Å². The minimum Gasteiger partial charge on any atom is -0.461 e. The number of furan rings is 1. The van der Waals surface area contributed by atoms with E-state index >= 15 is 0 Å². The number of nitro benzene ring substituents is 1. The first-order valence-corrected chi connectivity index (χ1v) is 5.57. The van der Waals surface area contributed by atoms with Gasteiger partial charge in [0, 0.05) is 6.07 Å². The monoisotopic (exact) mass is 268 g/mol. The van der Waals surface area contributed by atoms with Crippen LogP contribution in [-0.2, 0) is 0 Å². The number of Topliss-reactive ketones (excluding diaryl/α,β-unsaturated/α-hetero) is 1. The van der Waals surface area contributed by atoms with Gasteiger partial charge in [-0.1, -0.05) is 12.1 Å². The van der Waals surface area contributed by atoms with Gasteiger partial charge in [0.05, 0.1) is 16.7 Å². The van der Waals surface area contributed by atoms with Crippen LogP contribution in [0.4, 0.5) is 5.69 Å². The van der Waals surface area contributed by atoms with Crippen LogP contribution in [-0.4, -0.2) is 10.7 Å². The number of hydrogen-bond donors (Lipinski definition) is 0. The van der Waals surface area contributed by atoms with Crippen molar-refractivity contribution in [3.63, 3.8) is 0 Å². The molecule has 6 heteroatoms. The summed E-state index contributed by atoms with van der Waals surface area (Å²) in [4.78, 5) is 22.3. The molecule has 0 fully saturated rings. The van der Waals surface area contributed by atoms with Crippen LogP contribution in [0, 0.1) is 21.4 Å². The van der Waals surface area contributed by atoms with E-state index in [1.807, 2.05) is 0 Å². The minimum absolute atomic E-state index is 0.0105. The fourth-order valence-corrected chi connectivity index (χ4v) is 1.62. The van der Waals surface area contributed by atoms with E-state index in [0.29, 0.717) is 0 Å². The van der Waals surface area contributed by atoms with Crippen molar-refractivity contribution < 1.29 is 14.1 Å². The number of ketones is 1. The fraction of sp³-hybridized carbons (Fsp3) is 0. The molecule has 98 valence electrons. The Balaban J connectivity index is 2.45. The third kappa shape index (κ3) is 2.62. The average molecular weight is 268 g/mol. The Morgan fingerprint density at radius 2 is 2.05 bits per heavy atom. The molecule has 0 atom stereocenters. The van der Waals surface area contributed by atoms with Crippen LogP contribution in [0.5, 0.6) is 0 Å². The molecular weight excluding hydrogens is 260 g/mol. The molecule has 1 aromatic carbocycles. The van der Waals surface area contributed by atoms with Gasteiger partial charge < -0.3 is 4.42 Å². The topological polar surface area (TPSA) is 97.1 Å². The van der Waals surface area contributed by atoms with E-state index in [0.717, 1.165) is 0 Å². The summed E-state index contributed by atoms with van der Waals surface area (Å²) in [5.41, 5.74) is -0.212. The van der Waals surface area contributed by atoms with Crippen molar-refractivity contribution in [2.75, 3.05) is 0 Å². The summed E-state index contributed by atoms with van der Waals surface area (Å²) in [7, 11) is 0. The van der Waals surface area contributed by atoms with E-state index in [2.05, 4.69) is 0 Å². The number of allylic oxidation sites excluding steroid dienone is 1. The first-order chi connectivity index (χ1) is 9.63. The van der Waals surface area contributed by atoms with Crippen LogP contribution < -0.4 is 0 Å². The van der Waals surface area contributed by atoms with Crippen molar-refractivity contribution in [1.82, 2.24) is 0 Å². The standard InChI is InChI=1S/C14H8N2O4/c15-9-11(14(17)13-6-3-7-20-13)8-10-4-1-2-5-12(10)16(18)19/h1-8H/b11-8+. The number of hydrogen-bond acceptors (Lipinski definition) is 5. The predicted molar refractivity (Wildman–Crippen MR) is 69.7 cm³/mol. The van der Waals surface area contributed by atoms with Gasteiger partial charge in [-0.15, -0.1) is 0 Å². The highest BCUT2D eigenvalue weighted by Gasteiger charge is 2.17. The highest BCUT2D eigenvalue weighted by atomic mass is 16.6. The van der Waals surface area contributed by atoms with Crippen LogP contribution >= 0.6 is 0 Å². The fourth-order valence-electron chi connectivity index (χ4n) is 1.62. The molecule has 2 aromatic rings. The lowest BCUT2D eigenvalue weighted by Crippen LogP contribution is -2.00. The molecule has 0 bridgehead atoms. The van der Waals surface area contributed by atoms with E-state index in [-0.39, 0.29) is 22.6 Å². The number of nitriles is 1. The maximum atomic E-state index is 12.0. The smallest absolute Gasteiger partial charge is 0.276 e. The summed E-state index contributed by atoms with van der Waals surface area (Å²) < 4.78 is 4.92. The molecule has 0 saturated carbocycles. The molecule has 0 N–H and O–H groups in total.